The van der Waals surface area contributed by atoms with Gasteiger partial charge in [0.15, 0.2) is 0 Å². The first-order valence-corrected chi connectivity index (χ1v) is 7.59. The van der Waals surface area contributed by atoms with Crippen molar-refractivity contribution in [3.05, 3.63) is 27.3 Å². The van der Waals surface area contributed by atoms with Crippen molar-refractivity contribution in [2.75, 3.05) is 0 Å². The summed E-state index contributed by atoms with van der Waals surface area (Å²) in [7, 11) is 0. The Hall–Kier alpha value is -1.71. The number of hydrogen-bond acceptors (Lipinski definition) is 4. The Labute approximate surface area is 120 Å². The number of unbranched alkanes of at least 4 members (excludes halogenated alkanes) is 2. The molecule has 0 unspecified atom stereocenters. The van der Waals surface area contributed by atoms with Crippen LogP contribution in [0, 0.1) is 6.92 Å². The predicted octanol–water partition coefficient (Wildman–Crippen LogP) is 3.01. The first-order chi connectivity index (χ1) is 9.74. The van der Waals surface area contributed by atoms with Gasteiger partial charge < -0.3 is 5.73 Å². The smallest absolute Gasteiger partial charge is 0.119 e. The average molecular weight is 272 g/mol. The van der Waals surface area contributed by atoms with E-state index in [2.05, 4.69) is 36.2 Å². The van der Waals surface area contributed by atoms with E-state index in [0.717, 1.165) is 41.1 Å². The highest BCUT2D eigenvalue weighted by Gasteiger charge is 2.17. The first kappa shape index (κ1) is 14.7. The lowest BCUT2D eigenvalue weighted by molar-refractivity contribution is 0.748. The van der Waals surface area contributed by atoms with Crippen molar-refractivity contribution >= 4 is 11.9 Å². The number of fused-ring (bicyclic) bond motifs is 1. The van der Waals surface area contributed by atoms with E-state index >= 15 is 0 Å². The fourth-order valence-electron chi connectivity index (χ4n) is 2.81. The van der Waals surface area contributed by atoms with Gasteiger partial charge in [-0.1, -0.05) is 26.7 Å². The third-order valence-electron chi connectivity index (χ3n) is 3.98. The second kappa shape index (κ2) is 6.64. The number of nitrogens with zero attached hydrogens (tertiary/aromatic N) is 3. The van der Waals surface area contributed by atoms with E-state index in [-0.39, 0.29) is 0 Å². The van der Waals surface area contributed by atoms with Gasteiger partial charge in [-0.05, 0) is 59.7 Å². The van der Waals surface area contributed by atoms with Crippen LogP contribution in [0.4, 0.5) is 5.69 Å². The van der Waals surface area contributed by atoms with Crippen LogP contribution in [-0.4, -0.2) is 0 Å². The van der Waals surface area contributed by atoms with Gasteiger partial charge in [-0.15, -0.1) is 10.2 Å². The minimum absolute atomic E-state index is 0.910. The zero-order valence-corrected chi connectivity index (χ0v) is 12.7. The molecule has 1 aromatic carbocycles. The Morgan fingerprint density at radius 2 is 1.70 bits per heavy atom. The van der Waals surface area contributed by atoms with E-state index in [1.54, 1.807) is 6.20 Å². The first-order valence-electron chi connectivity index (χ1n) is 7.59. The van der Waals surface area contributed by atoms with Crippen LogP contribution in [0.1, 0.15) is 56.2 Å². The topological polar surface area (TPSA) is 63.1 Å². The minimum atomic E-state index is 0.910. The molecule has 1 aromatic rings. The lowest BCUT2D eigenvalue weighted by Gasteiger charge is -2.13. The van der Waals surface area contributed by atoms with Crippen molar-refractivity contribution in [3.8, 4) is 0 Å². The molecule has 20 heavy (non-hydrogen) atoms. The fourth-order valence-corrected chi connectivity index (χ4v) is 2.81. The Morgan fingerprint density at radius 1 is 1.05 bits per heavy atom. The zero-order chi connectivity index (χ0) is 14.5. The van der Waals surface area contributed by atoms with Gasteiger partial charge in [0, 0.05) is 6.20 Å². The fraction of sp³-hybridized carbons (Fsp3) is 0.562. The van der Waals surface area contributed by atoms with E-state index in [4.69, 9.17) is 5.73 Å². The van der Waals surface area contributed by atoms with Crippen LogP contribution >= 0.6 is 0 Å². The predicted molar refractivity (Wildman–Crippen MR) is 82.4 cm³/mol. The van der Waals surface area contributed by atoms with Crippen molar-refractivity contribution in [3.63, 3.8) is 0 Å². The molecule has 0 fully saturated rings. The zero-order valence-electron chi connectivity index (χ0n) is 12.7. The number of hydrogen-bond donors (Lipinski definition) is 1. The van der Waals surface area contributed by atoms with Crippen LogP contribution in [0.15, 0.2) is 15.4 Å². The van der Waals surface area contributed by atoms with E-state index < -0.39 is 0 Å². The van der Waals surface area contributed by atoms with Gasteiger partial charge in [0.1, 0.15) is 11.0 Å². The van der Waals surface area contributed by atoms with Crippen LogP contribution in [-0.2, 0) is 12.8 Å². The summed E-state index contributed by atoms with van der Waals surface area (Å²) in [5, 5.41) is 14.4. The Kier molecular flexibility index (Phi) is 4.88. The van der Waals surface area contributed by atoms with Crippen molar-refractivity contribution in [2.24, 2.45) is 21.2 Å². The molecule has 1 aliphatic rings. The van der Waals surface area contributed by atoms with Gasteiger partial charge in [-0.2, -0.15) is 0 Å². The minimum Gasteiger partial charge on any atom is -0.404 e. The Morgan fingerprint density at radius 3 is 2.30 bits per heavy atom. The normalized spacial score (nSPS) is 13.7. The summed E-state index contributed by atoms with van der Waals surface area (Å²) in [6.07, 6.45) is 8.51. The van der Waals surface area contributed by atoms with Crippen molar-refractivity contribution in [2.45, 2.75) is 59.3 Å². The molecule has 0 saturated heterocycles. The highest BCUT2D eigenvalue weighted by molar-refractivity contribution is 5.54. The largest absolute Gasteiger partial charge is 0.404 e. The van der Waals surface area contributed by atoms with Gasteiger partial charge in [-0.3, -0.25) is 0 Å². The van der Waals surface area contributed by atoms with Gasteiger partial charge in [0.2, 0.25) is 0 Å². The molecule has 4 nitrogen and oxygen atoms in total. The van der Waals surface area contributed by atoms with Crippen molar-refractivity contribution in [1.82, 2.24) is 0 Å². The van der Waals surface area contributed by atoms with Gasteiger partial charge in [-0.25, -0.2) is 0 Å². The van der Waals surface area contributed by atoms with Crippen LogP contribution in [0.25, 0.3) is 6.20 Å². The van der Waals surface area contributed by atoms with Gasteiger partial charge >= 0.3 is 0 Å². The summed E-state index contributed by atoms with van der Waals surface area (Å²) in [6.45, 7) is 6.49. The van der Waals surface area contributed by atoms with E-state index in [1.165, 1.54) is 30.4 Å². The summed E-state index contributed by atoms with van der Waals surface area (Å²) in [6, 6.07) is 0. The highest BCUT2D eigenvalue weighted by Crippen LogP contribution is 2.20. The molecule has 0 radical (unpaired) electrons. The average Bonchev–Trinajstić information content (AvgIpc) is 2.94. The molecule has 2 N–H and O–H groups in total. The van der Waals surface area contributed by atoms with Crippen LogP contribution in [0.5, 0.6) is 0 Å². The summed E-state index contributed by atoms with van der Waals surface area (Å²) < 4.78 is 0. The molecular weight excluding hydrogens is 248 g/mol. The molecule has 1 aliphatic heterocycles. The molecule has 108 valence electrons. The van der Waals surface area contributed by atoms with Crippen molar-refractivity contribution < 1.29 is 0 Å². The molecule has 2 rings (SSSR count). The van der Waals surface area contributed by atoms with E-state index in [0.29, 0.717) is 0 Å². The third-order valence-corrected chi connectivity index (χ3v) is 3.98. The highest BCUT2D eigenvalue weighted by atomic mass is 15.4. The van der Waals surface area contributed by atoms with Crippen molar-refractivity contribution in [1.29, 1.82) is 0 Å². The lowest BCUT2D eigenvalue weighted by atomic mass is 9.92. The molecule has 4 heteroatoms. The Balaban J connectivity index is 2.65. The summed E-state index contributed by atoms with van der Waals surface area (Å²) >= 11 is 0. The molecule has 0 aliphatic carbocycles. The molecule has 0 aromatic heterocycles. The molecule has 0 atom stereocenters. The number of rotatable bonds is 6. The van der Waals surface area contributed by atoms with Crippen LogP contribution < -0.4 is 16.3 Å². The van der Waals surface area contributed by atoms with Gasteiger partial charge in [0.25, 0.3) is 0 Å². The maximum Gasteiger partial charge on any atom is 0.119 e. The summed E-state index contributed by atoms with van der Waals surface area (Å²) in [4.78, 5) is 0. The molecule has 1 heterocycles. The van der Waals surface area contributed by atoms with E-state index in [1.807, 2.05) is 0 Å². The summed E-state index contributed by atoms with van der Waals surface area (Å²) in [5.74, 6) is 0. The third kappa shape index (κ3) is 2.60. The molecular formula is C16H24N4. The SMILES string of the molecule is CCCCc1c(CCCC)c2c(c(C)c1=CN)N=NN=2. The molecule has 0 spiro atoms. The second-order valence-electron chi connectivity index (χ2n) is 5.36. The quantitative estimate of drug-likeness (QED) is 0.850. The molecule has 0 amide bonds. The standard InChI is InChI=1S/C16H24N4/c1-4-6-8-12-13(9-7-5-2)16-15(18-20-19-16)11(3)14(12)10-17/h10H,4-9,17H2,1-3H3. The maximum absolute atomic E-state index is 5.89. The molecule has 0 saturated carbocycles. The number of nitrogens with two attached hydrogens (primary N) is 1. The summed E-state index contributed by atoms with van der Waals surface area (Å²) in [5.41, 5.74) is 10.6. The van der Waals surface area contributed by atoms with Crippen LogP contribution in [0.3, 0.4) is 0 Å². The monoisotopic (exact) mass is 272 g/mol. The Bertz CT molecular complexity index is 620. The molecule has 0 bridgehead atoms. The lowest BCUT2D eigenvalue weighted by Crippen LogP contribution is -2.26. The van der Waals surface area contributed by atoms with E-state index in [9.17, 15) is 0 Å². The number of benzene rings is 1. The van der Waals surface area contributed by atoms with Gasteiger partial charge in [0.05, 0.1) is 0 Å². The van der Waals surface area contributed by atoms with Crippen LogP contribution in [0.2, 0.25) is 0 Å². The maximum atomic E-state index is 5.89. The second-order valence-corrected chi connectivity index (χ2v) is 5.36.